The molecule has 0 atom stereocenters. The predicted molar refractivity (Wildman–Crippen MR) is 54.5 cm³/mol. The van der Waals surface area contributed by atoms with Gasteiger partial charge in [0.05, 0.1) is 6.21 Å². The van der Waals surface area contributed by atoms with Crippen molar-refractivity contribution in [2.75, 3.05) is 0 Å². The Morgan fingerprint density at radius 1 is 1.20 bits per heavy atom. The Bertz CT molecular complexity index is 375. The van der Waals surface area contributed by atoms with Crippen molar-refractivity contribution < 1.29 is 9.59 Å². The third-order valence-electron chi connectivity index (χ3n) is 1.52. The SMILES string of the molecule is NNC(=O)C(=O)N/N=C/c1ccccc1. The lowest BCUT2D eigenvalue weighted by Crippen LogP contribution is -2.41. The summed E-state index contributed by atoms with van der Waals surface area (Å²) in [6.45, 7) is 0. The molecule has 0 aliphatic rings. The highest BCUT2D eigenvalue weighted by atomic mass is 16.2. The topological polar surface area (TPSA) is 96.6 Å². The van der Waals surface area contributed by atoms with Crippen molar-refractivity contribution in [2.24, 2.45) is 10.9 Å². The van der Waals surface area contributed by atoms with Crippen LogP contribution >= 0.6 is 0 Å². The summed E-state index contributed by atoms with van der Waals surface area (Å²) >= 11 is 0. The average Bonchev–Trinajstić information content (AvgIpc) is 2.29. The monoisotopic (exact) mass is 206 g/mol. The second-order valence-electron chi connectivity index (χ2n) is 2.58. The molecular weight excluding hydrogens is 196 g/mol. The number of rotatable bonds is 2. The van der Waals surface area contributed by atoms with Crippen LogP contribution in [0.4, 0.5) is 0 Å². The lowest BCUT2D eigenvalue weighted by Gasteiger charge is -1.96. The van der Waals surface area contributed by atoms with Gasteiger partial charge in [0.25, 0.3) is 0 Å². The molecule has 1 rings (SSSR count). The van der Waals surface area contributed by atoms with Crippen LogP contribution < -0.4 is 16.7 Å². The largest absolute Gasteiger partial charge is 0.330 e. The molecule has 0 fully saturated rings. The van der Waals surface area contributed by atoms with E-state index in [0.29, 0.717) is 0 Å². The third-order valence-corrected chi connectivity index (χ3v) is 1.52. The number of amides is 2. The highest BCUT2D eigenvalue weighted by molar-refractivity contribution is 6.34. The Kier molecular flexibility index (Phi) is 3.99. The first-order chi connectivity index (χ1) is 7.24. The average molecular weight is 206 g/mol. The van der Waals surface area contributed by atoms with Crippen LogP contribution in [-0.4, -0.2) is 18.0 Å². The molecular formula is C9H10N4O2. The number of hydrogen-bond acceptors (Lipinski definition) is 4. The molecule has 6 nitrogen and oxygen atoms in total. The molecule has 2 amide bonds. The number of nitrogens with one attached hydrogen (secondary N) is 2. The molecule has 6 heteroatoms. The Balaban J connectivity index is 2.47. The van der Waals surface area contributed by atoms with Crippen LogP contribution in [0.25, 0.3) is 0 Å². The highest BCUT2D eigenvalue weighted by Gasteiger charge is 2.08. The van der Waals surface area contributed by atoms with Gasteiger partial charge in [-0.15, -0.1) is 0 Å². The summed E-state index contributed by atoms with van der Waals surface area (Å²) in [6.07, 6.45) is 1.42. The number of carbonyl (C=O) groups is 2. The van der Waals surface area contributed by atoms with Crippen LogP contribution in [0.2, 0.25) is 0 Å². The van der Waals surface area contributed by atoms with Crippen molar-refractivity contribution in [1.82, 2.24) is 10.9 Å². The van der Waals surface area contributed by atoms with Crippen LogP contribution in [0.1, 0.15) is 5.56 Å². The molecule has 1 aromatic rings. The summed E-state index contributed by atoms with van der Waals surface area (Å²) in [5.74, 6) is 2.89. The van der Waals surface area contributed by atoms with Gasteiger partial charge in [0.1, 0.15) is 0 Å². The zero-order chi connectivity index (χ0) is 11.1. The lowest BCUT2D eigenvalue weighted by atomic mass is 10.2. The van der Waals surface area contributed by atoms with E-state index >= 15 is 0 Å². The molecule has 0 radical (unpaired) electrons. The van der Waals surface area contributed by atoms with Gasteiger partial charge >= 0.3 is 11.8 Å². The number of nitrogens with two attached hydrogens (primary N) is 1. The zero-order valence-electron chi connectivity index (χ0n) is 7.81. The minimum absolute atomic E-state index is 0.811. The summed E-state index contributed by atoms with van der Waals surface area (Å²) < 4.78 is 0. The third kappa shape index (κ3) is 3.57. The summed E-state index contributed by atoms with van der Waals surface area (Å²) in [5.41, 5.74) is 4.52. The highest BCUT2D eigenvalue weighted by Crippen LogP contribution is 1.92. The second kappa shape index (κ2) is 5.51. The molecule has 0 spiro atoms. The quantitative estimate of drug-likeness (QED) is 0.193. The first-order valence-electron chi connectivity index (χ1n) is 4.13. The summed E-state index contributed by atoms with van der Waals surface area (Å²) in [5, 5.41) is 3.57. The van der Waals surface area contributed by atoms with Crippen molar-refractivity contribution in [3.8, 4) is 0 Å². The van der Waals surface area contributed by atoms with Gasteiger partial charge in [-0.1, -0.05) is 30.3 Å². The van der Waals surface area contributed by atoms with Crippen molar-refractivity contribution in [3.63, 3.8) is 0 Å². The molecule has 0 aliphatic carbocycles. The molecule has 0 saturated carbocycles. The number of hydrogen-bond donors (Lipinski definition) is 3. The van der Waals surface area contributed by atoms with Gasteiger partial charge in [-0.05, 0) is 5.56 Å². The minimum Gasteiger partial charge on any atom is -0.286 e. The number of carbonyl (C=O) groups excluding carboxylic acids is 2. The number of nitrogens with zero attached hydrogens (tertiary/aromatic N) is 1. The van der Waals surface area contributed by atoms with E-state index in [2.05, 4.69) is 5.10 Å². The summed E-state index contributed by atoms with van der Waals surface area (Å²) in [4.78, 5) is 21.5. The van der Waals surface area contributed by atoms with Crippen molar-refractivity contribution >= 4 is 18.0 Å². The number of benzene rings is 1. The minimum atomic E-state index is -0.944. The van der Waals surface area contributed by atoms with Crippen LogP contribution in [0.3, 0.4) is 0 Å². The van der Waals surface area contributed by atoms with Gasteiger partial charge in [-0.3, -0.25) is 15.0 Å². The Morgan fingerprint density at radius 2 is 1.87 bits per heavy atom. The first kappa shape index (κ1) is 10.9. The first-order valence-corrected chi connectivity index (χ1v) is 4.13. The number of hydrazone groups is 1. The van der Waals surface area contributed by atoms with E-state index in [4.69, 9.17) is 5.84 Å². The fourth-order valence-electron chi connectivity index (χ4n) is 0.821. The van der Waals surface area contributed by atoms with Gasteiger partial charge in [0, 0.05) is 0 Å². The van der Waals surface area contributed by atoms with E-state index in [9.17, 15) is 9.59 Å². The van der Waals surface area contributed by atoms with Crippen LogP contribution in [-0.2, 0) is 9.59 Å². The maximum Gasteiger partial charge on any atom is 0.330 e. The van der Waals surface area contributed by atoms with Crippen LogP contribution in [0, 0.1) is 0 Å². The Labute approximate surface area is 86.1 Å². The van der Waals surface area contributed by atoms with Gasteiger partial charge in [-0.2, -0.15) is 5.10 Å². The number of hydrazine groups is 1. The van der Waals surface area contributed by atoms with Crippen molar-refractivity contribution in [2.45, 2.75) is 0 Å². The maximum atomic E-state index is 10.8. The fraction of sp³-hybridized carbons (Fsp3) is 0. The van der Waals surface area contributed by atoms with Gasteiger partial charge in [0.2, 0.25) is 0 Å². The smallest absolute Gasteiger partial charge is 0.286 e. The predicted octanol–water partition coefficient (Wildman–Crippen LogP) is -0.873. The van der Waals surface area contributed by atoms with Crippen LogP contribution in [0.5, 0.6) is 0 Å². The molecule has 1 aromatic carbocycles. The maximum absolute atomic E-state index is 10.8. The van der Waals surface area contributed by atoms with E-state index in [0.717, 1.165) is 5.56 Å². The Hall–Kier alpha value is -2.21. The van der Waals surface area contributed by atoms with Gasteiger partial charge in [0.15, 0.2) is 0 Å². The van der Waals surface area contributed by atoms with E-state index in [1.54, 1.807) is 17.6 Å². The zero-order valence-corrected chi connectivity index (χ0v) is 7.81. The standard InChI is InChI=1S/C9H10N4O2/c10-12-8(14)9(15)13-11-6-7-4-2-1-3-5-7/h1-6H,10H2,(H,12,14)(H,13,15)/b11-6+. The van der Waals surface area contributed by atoms with Gasteiger partial charge in [-0.25, -0.2) is 11.3 Å². The second-order valence-corrected chi connectivity index (χ2v) is 2.58. The van der Waals surface area contributed by atoms with E-state index in [1.165, 1.54) is 6.21 Å². The van der Waals surface area contributed by atoms with E-state index in [1.807, 2.05) is 23.6 Å². The molecule has 0 aliphatic heterocycles. The fourth-order valence-corrected chi connectivity index (χ4v) is 0.821. The molecule has 0 unspecified atom stereocenters. The molecule has 0 heterocycles. The van der Waals surface area contributed by atoms with E-state index in [-0.39, 0.29) is 0 Å². The van der Waals surface area contributed by atoms with E-state index < -0.39 is 11.8 Å². The molecule has 0 bridgehead atoms. The molecule has 78 valence electrons. The molecule has 0 aromatic heterocycles. The molecule has 0 saturated heterocycles. The lowest BCUT2D eigenvalue weighted by molar-refractivity contribution is -0.139. The Morgan fingerprint density at radius 3 is 2.47 bits per heavy atom. The van der Waals surface area contributed by atoms with Crippen LogP contribution in [0.15, 0.2) is 35.4 Å². The van der Waals surface area contributed by atoms with Crippen molar-refractivity contribution in [1.29, 1.82) is 0 Å². The normalized spacial score (nSPS) is 9.93. The summed E-state index contributed by atoms with van der Waals surface area (Å²) in [7, 11) is 0. The van der Waals surface area contributed by atoms with Gasteiger partial charge < -0.3 is 0 Å². The molecule has 15 heavy (non-hydrogen) atoms. The summed E-state index contributed by atoms with van der Waals surface area (Å²) in [6, 6.07) is 9.13. The molecule has 4 N–H and O–H groups in total. The van der Waals surface area contributed by atoms with Crippen molar-refractivity contribution in [3.05, 3.63) is 35.9 Å².